The second-order valence-electron chi connectivity index (χ2n) is 7.45. The van der Waals surface area contributed by atoms with Crippen LogP contribution in [0.15, 0.2) is 15.6 Å². The Kier molecular flexibility index (Phi) is 8.57. The molecule has 1 aromatic rings. The predicted octanol–water partition coefficient (Wildman–Crippen LogP) is 1.44. The largest absolute Gasteiger partial charge is 0.369 e. The van der Waals surface area contributed by atoms with Gasteiger partial charge < -0.3 is 25.8 Å². The zero-order chi connectivity index (χ0) is 19.6. The van der Waals surface area contributed by atoms with Crippen LogP contribution in [0.4, 0.5) is 0 Å². The number of amides is 1. The molecule has 1 aliphatic rings. The van der Waals surface area contributed by atoms with E-state index in [1.165, 1.54) is 0 Å². The van der Waals surface area contributed by atoms with Crippen LogP contribution in [0.1, 0.15) is 56.9 Å². The van der Waals surface area contributed by atoms with E-state index < -0.39 is 0 Å². The number of aromatic nitrogens is 1. The van der Waals surface area contributed by atoms with Gasteiger partial charge in [-0.3, -0.25) is 9.79 Å². The number of carbonyl (C=O) groups excluding carboxylic acids is 1. The maximum atomic E-state index is 11.2. The third-order valence-electron chi connectivity index (χ3n) is 5.01. The van der Waals surface area contributed by atoms with Gasteiger partial charge in [0.05, 0.1) is 12.2 Å². The van der Waals surface area contributed by atoms with Gasteiger partial charge in [0, 0.05) is 25.6 Å². The molecule has 4 N–H and O–H groups in total. The fourth-order valence-corrected chi connectivity index (χ4v) is 3.18. The molecular weight excluding hydrogens is 344 g/mol. The highest BCUT2D eigenvalue weighted by Gasteiger charge is 2.22. The maximum Gasteiger partial charge on any atom is 0.220 e. The molecule has 0 radical (unpaired) electrons. The monoisotopic (exact) mass is 378 g/mol. The van der Waals surface area contributed by atoms with Crippen LogP contribution in [0.2, 0.25) is 0 Å². The molecule has 27 heavy (non-hydrogen) atoms. The molecule has 1 amide bonds. The molecule has 0 spiro atoms. The fraction of sp³-hybridized carbons (Fsp3) is 0.737. The van der Waals surface area contributed by atoms with Crippen LogP contribution in [0.25, 0.3) is 0 Å². The van der Waals surface area contributed by atoms with Crippen LogP contribution in [-0.4, -0.2) is 55.2 Å². The molecule has 2 heterocycles. The Morgan fingerprint density at radius 1 is 1.37 bits per heavy atom. The number of hydrogen-bond donors (Lipinski definition) is 3. The first-order chi connectivity index (χ1) is 13.0. The molecule has 0 atom stereocenters. The van der Waals surface area contributed by atoms with Crippen molar-refractivity contribution in [2.24, 2.45) is 16.6 Å². The second kappa shape index (κ2) is 10.9. The number of nitrogens with one attached hydrogen (secondary N) is 2. The summed E-state index contributed by atoms with van der Waals surface area (Å²) in [4.78, 5) is 17.9. The average Bonchev–Trinajstić information content (AvgIpc) is 3.13. The number of aliphatic imine (C=N–C) groups is 1. The van der Waals surface area contributed by atoms with Gasteiger partial charge in [-0.25, -0.2) is 0 Å². The number of unbranched alkanes of at least 4 members (excludes halogenated alkanes) is 1. The zero-order valence-corrected chi connectivity index (χ0v) is 16.8. The lowest BCUT2D eigenvalue weighted by Gasteiger charge is -2.30. The van der Waals surface area contributed by atoms with E-state index in [9.17, 15) is 4.79 Å². The van der Waals surface area contributed by atoms with Crippen LogP contribution in [0.5, 0.6) is 0 Å². The maximum absolute atomic E-state index is 11.2. The van der Waals surface area contributed by atoms with E-state index in [1.54, 1.807) is 7.05 Å². The van der Waals surface area contributed by atoms with Crippen molar-refractivity contribution in [1.82, 2.24) is 20.7 Å². The first-order valence-corrected chi connectivity index (χ1v) is 9.91. The van der Waals surface area contributed by atoms with Crippen LogP contribution in [0, 0.1) is 5.92 Å². The van der Waals surface area contributed by atoms with Gasteiger partial charge in [0.2, 0.25) is 5.91 Å². The molecule has 0 aliphatic carbocycles. The normalized spacial score (nSPS) is 16.7. The van der Waals surface area contributed by atoms with E-state index in [4.69, 9.17) is 10.3 Å². The lowest BCUT2D eigenvalue weighted by atomic mass is 9.96. The predicted molar refractivity (Wildman–Crippen MR) is 106 cm³/mol. The summed E-state index contributed by atoms with van der Waals surface area (Å²) in [5, 5.41) is 10.6. The molecule has 0 unspecified atom stereocenters. The highest BCUT2D eigenvalue weighted by Crippen LogP contribution is 2.17. The molecule has 1 saturated heterocycles. The summed E-state index contributed by atoms with van der Waals surface area (Å²) in [6.07, 6.45) is 3.97. The average molecular weight is 379 g/mol. The second-order valence-corrected chi connectivity index (χ2v) is 7.45. The van der Waals surface area contributed by atoms with Gasteiger partial charge in [0.1, 0.15) is 0 Å². The van der Waals surface area contributed by atoms with Crippen molar-refractivity contribution in [3.05, 3.63) is 17.5 Å². The van der Waals surface area contributed by atoms with Gasteiger partial charge in [-0.15, -0.1) is 0 Å². The molecular formula is C19H34N6O2. The molecule has 152 valence electrons. The van der Waals surface area contributed by atoms with Crippen molar-refractivity contribution < 1.29 is 9.32 Å². The Labute approximate surface area is 161 Å². The lowest BCUT2D eigenvalue weighted by Crippen LogP contribution is -2.39. The Hall–Kier alpha value is -2.09. The summed E-state index contributed by atoms with van der Waals surface area (Å²) in [7, 11) is 1.76. The lowest BCUT2D eigenvalue weighted by molar-refractivity contribution is -0.123. The first-order valence-electron chi connectivity index (χ1n) is 9.91. The number of likely N-dealkylation sites (tertiary alicyclic amines) is 1. The standard InChI is InChI=1S/C19H34N6O2/c1-14(2)17-12-16(27-24-17)13-23-19(21-3)22-8-4-5-9-25-10-6-15(7-11-25)18(20)26/h12,14-15H,4-11,13H2,1-3H3,(H2,20,26)(H2,21,22,23). The number of guanidine groups is 1. The minimum atomic E-state index is -0.150. The minimum Gasteiger partial charge on any atom is -0.369 e. The number of nitrogens with two attached hydrogens (primary N) is 1. The summed E-state index contributed by atoms with van der Waals surface area (Å²) in [5.74, 6) is 1.85. The van der Waals surface area contributed by atoms with Gasteiger partial charge in [0.25, 0.3) is 0 Å². The summed E-state index contributed by atoms with van der Waals surface area (Å²) in [6.45, 7) is 8.62. The van der Waals surface area contributed by atoms with E-state index in [1.807, 2.05) is 6.07 Å². The van der Waals surface area contributed by atoms with E-state index in [-0.39, 0.29) is 11.8 Å². The number of carbonyl (C=O) groups is 1. The Bertz CT molecular complexity index is 605. The molecule has 0 bridgehead atoms. The molecule has 2 rings (SSSR count). The zero-order valence-electron chi connectivity index (χ0n) is 16.8. The summed E-state index contributed by atoms with van der Waals surface area (Å²) in [6, 6.07) is 1.98. The molecule has 1 aliphatic heterocycles. The molecule has 8 nitrogen and oxygen atoms in total. The Balaban J connectivity index is 1.56. The molecule has 1 aromatic heterocycles. The summed E-state index contributed by atoms with van der Waals surface area (Å²) >= 11 is 0. The summed E-state index contributed by atoms with van der Waals surface area (Å²) < 4.78 is 5.32. The molecule has 0 aromatic carbocycles. The van der Waals surface area contributed by atoms with Crippen LogP contribution in [-0.2, 0) is 11.3 Å². The number of primary amides is 1. The van der Waals surface area contributed by atoms with Crippen LogP contribution < -0.4 is 16.4 Å². The highest BCUT2D eigenvalue weighted by molar-refractivity contribution is 5.79. The summed E-state index contributed by atoms with van der Waals surface area (Å²) in [5.41, 5.74) is 6.34. The fourth-order valence-electron chi connectivity index (χ4n) is 3.18. The van der Waals surface area contributed by atoms with Crippen molar-refractivity contribution >= 4 is 11.9 Å². The molecule has 1 fully saturated rings. The van der Waals surface area contributed by atoms with Gasteiger partial charge in [-0.05, 0) is 51.2 Å². The van der Waals surface area contributed by atoms with Gasteiger partial charge in [-0.1, -0.05) is 19.0 Å². The number of nitrogens with zero attached hydrogens (tertiary/aromatic N) is 3. The third kappa shape index (κ3) is 7.21. The van der Waals surface area contributed by atoms with E-state index in [2.05, 4.69) is 39.5 Å². The topological polar surface area (TPSA) is 109 Å². The van der Waals surface area contributed by atoms with Crippen molar-refractivity contribution in [2.75, 3.05) is 33.2 Å². The van der Waals surface area contributed by atoms with E-state index in [0.717, 1.165) is 69.3 Å². The number of rotatable bonds is 9. The van der Waals surface area contributed by atoms with Gasteiger partial charge in [0.15, 0.2) is 11.7 Å². The first kappa shape index (κ1) is 21.2. The van der Waals surface area contributed by atoms with E-state index >= 15 is 0 Å². The van der Waals surface area contributed by atoms with Crippen molar-refractivity contribution in [3.63, 3.8) is 0 Å². The van der Waals surface area contributed by atoms with Crippen LogP contribution in [0.3, 0.4) is 0 Å². The minimum absolute atomic E-state index is 0.0679. The third-order valence-corrected chi connectivity index (χ3v) is 5.01. The quantitative estimate of drug-likeness (QED) is 0.341. The molecule has 8 heteroatoms. The highest BCUT2D eigenvalue weighted by atomic mass is 16.5. The van der Waals surface area contributed by atoms with E-state index in [0.29, 0.717) is 12.5 Å². The smallest absolute Gasteiger partial charge is 0.220 e. The van der Waals surface area contributed by atoms with Gasteiger partial charge >= 0.3 is 0 Å². The van der Waals surface area contributed by atoms with Crippen molar-refractivity contribution in [2.45, 2.75) is 52.0 Å². The number of hydrogen-bond acceptors (Lipinski definition) is 5. The Morgan fingerprint density at radius 2 is 2.11 bits per heavy atom. The Morgan fingerprint density at radius 3 is 2.70 bits per heavy atom. The number of piperidine rings is 1. The molecule has 0 saturated carbocycles. The SMILES string of the molecule is CN=C(NCCCCN1CCC(C(N)=O)CC1)NCc1cc(C(C)C)no1. The van der Waals surface area contributed by atoms with Crippen LogP contribution >= 0.6 is 0 Å². The van der Waals surface area contributed by atoms with Crippen molar-refractivity contribution in [1.29, 1.82) is 0 Å². The van der Waals surface area contributed by atoms with Crippen molar-refractivity contribution in [3.8, 4) is 0 Å². The van der Waals surface area contributed by atoms with Gasteiger partial charge in [-0.2, -0.15) is 0 Å².